The van der Waals surface area contributed by atoms with Gasteiger partial charge in [0.2, 0.25) is 5.91 Å². The van der Waals surface area contributed by atoms with Gasteiger partial charge in [0.05, 0.1) is 12.1 Å². The second-order valence-corrected chi connectivity index (χ2v) is 5.99. The molecule has 2 N–H and O–H groups in total. The Labute approximate surface area is 141 Å². The number of carboxylic acid groups (broad SMARTS) is 1. The summed E-state index contributed by atoms with van der Waals surface area (Å²) >= 11 is 0. The average Bonchev–Trinajstić information content (AvgIpc) is 3.34. The Hall–Kier alpha value is -2.16. The fourth-order valence-electron chi connectivity index (χ4n) is 2.51. The number of benzene rings is 1. The monoisotopic (exact) mass is 362 g/mol. The van der Waals surface area contributed by atoms with Crippen molar-refractivity contribution in [3.8, 4) is 0 Å². The summed E-state index contributed by atoms with van der Waals surface area (Å²) in [5.41, 5.74) is -1.41. The van der Waals surface area contributed by atoms with Crippen LogP contribution in [0.3, 0.4) is 0 Å². The number of halogens is 4. The van der Waals surface area contributed by atoms with Crippen LogP contribution in [0.5, 0.6) is 0 Å². The van der Waals surface area contributed by atoms with Gasteiger partial charge >= 0.3 is 12.1 Å². The van der Waals surface area contributed by atoms with E-state index in [1.165, 1.54) is 11.8 Å². The number of hydrogen-bond acceptors (Lipinski definition) is 3. The molecule has 1 unspecified atom stereocenters. The maximum Gasteiger partial charge on any atom is 0.416 e. The number of carbonyl (C=O) groups is 2. The van der Waals surface area contributed by atoms with Crippen molar-refractivity contribution in [2.24, 2.45) is 0 Å². The van der Waals surface area contributed by atoms with Gasteiger partial charge in [-0.1, -0.05) is 6.07 Å². The summed E-state index contributed by atoms with van der Waals surface area (Å²) < 4.78 is 51.8. The predicted molar refractivity (Wildman–Crippen MR) is 80.1 cm³/mol. The molecule has 1 saturated carbocycles. The number of nitrogens with one attached hydrogen (secondary N) is 1. The molecule has 1 aromatic carbocycles. The van der Waals surface area contributed by atoms with Gasteiger partial charge in [-0.15, -0.1) is 0 Å². The Morgan fingerprint density at radius 1 is 1.36 bits per heavy atom. The summed E-state index contributed by atoms with van der Waals surface area (Å²) in [6, 6.07) is 1.37. The Bertz CT molecular complexity index is 659. The third-order valence-corrected chi connectivity index (χ3v) is 4.05. The molecule has 0 aromatic heterocycles. The molecule has 1 fully saturated rings. The molecule has 25 heavy (non-hydrogen) atoms. The van der Waals surface area contributed by atoms with E-state index in [0.29, 0.717) is 6.07 Å². The fourth-order valence-corrected chi connectivity index (χ4v) is 2.51. The maximum absolute atomic E-state index is 13.1. The lowest BCUT2D eigenvalue weighted by atomic mass is 10.1. The highest BCUT2D eigenvalue weighted by atomic mass is 19.4. The Balaban J connectivity index is 2.01. The van der Waals surface area contributed by atoms with Gasteiger partial charge in [0.25, 0.3) is 0 Å². The van der Waals surface area contributed by atoms with Crippen LogP contribution in [0.4, 0.5) is 17.6 Å². The van der Waals surface area contributed by atoms with Gasteiger partial charge in [-0.2, -0.15) is 13.2 Å². The van der Waals surface area contributed by atoms with Crippen molar-refractivity contribution >= 4 is 11.9 Å². The molecule has 1 aromatic rings. The summed E-state index contributed by atoms with van der Waals surface area (Å²) in [4.78, 5) is 24.6. The Morgan fingerprint density at radius 2 is 2.00 bits per heavy atom. The van der Waals surface area contributed by atoms with E-state index >= 15 is 0 Å². The van der Waals surface area contributed by atoms with Crippen LogP contribution in [0.2, 0.25) is 0 Å². The normalized spacial score (nSPS) is 15.9. The van der Waals surface area contributed by atoms with Crippen LogP contribution in [0, 0.1) is 5.82 Å². The number of aliphatic carboxylic acids is 1. The minimum atomic E-state index is -4.74. The molecule has 9 heteroatoms. The quantitative estimate of drug-likeness (QED) is 0.731. The number of nitrogens with zero attached hydrogens (tertiary/aromatic N) is 1. The molecule has 0 saturated heterocycles. The van der Waals surface area contributed by atoms with Crippen molar-refractivity contribution < 1.29 is 32.3 Å². The van der Waals surface area contributed by atoms with Gasteiger partial charge in [-0.3, -0.25) is 14.5 Å². The molecule has 1 amide bonds. The lowest BCUT2D eigenvalue weighted by Crippen LogP contribution is -2.46. The van der Waals surface area contributed by atoms with E-state index in [1.54, 1.807) is 0 Å². The average molecular weight is 362 g/mol. The molecule has 0 bridgehead atoms. The number of carboxylic acids is 1. The van der Waals surface area contributed by atoms with Crippen molar-refractivity contribution in [3.05, 3.63) is 35.1 Å². The van der Waals surface area contributed by atoms with Gasteiger partial charge < -0.3 is 10.4 Å². The van der Waals surface area contributed by atoms with E-state index < -0.39 is 42.0 Å². The molecular weight excluding hydrogens is 344 g/mol. The maximum atomic E-state index is 13.1. The predicted octanol–water partition coefficient (Wildman–Crippen LogP) is 2.40. The van der Waals surface area contributed by atoms with E-state index in [1.807, 2.05) is 0 Å². The molecule has 0 radical (unpaired) electrons. The second-order valence-electron chi connectivity index (χ2n) is 5.99. The van der Waals surface area contributed by atoms with Crippen molar-refractivity contribution in [3.63, 3.8) is 0 Å². The van der Waals surface area contributed by atoms with Crippen molar-refractivity contribution in [1.29, 1.82) is 0 Å². The standard InChI is InChI=1S/C16H18F4N2O3/c1-9(15(24)25)22(12-4-5-12)8-14(23)21-7-10-2-3-11(17)6-13(10)16(18,19)20/h2-3,6,9,12H,4-5,7-8H2,1H3,(H,21,23)(H,24,25). The Morgan fingerprint density at radius 3 is 2.52 bits per heavy atom. The van der Waals surface area contributed by atoms with Gasteiger partial charge in [0, 0.05) is 12.6 Å². The van der Waals surface area contributed by atoms with E-state index in [2.05, 4.69) is 5.32 Å². The molecule has 0 heterocycles. The van der Waals surface area contributed by atoms with E-state index in [0.717, 1.165) is 25.0 Å². The first-order chi connectivity index (χ1) is 11.6. The summed E-state index contributed by atoms with van der Waals surface area (Å²) in [6.07, 6.45) is -3.18. The zero-order valence-corrected chi connectivity index (χ0v) is 13.4. The summed E-state index contributed by atoms with van der Waals surface area (Å²) in [5.74, 6) is -2.67. The lowest BCUT2D eigenvalue weighted by Gasteiger charge is -2.25. The van der Waals surface area contributed by atoms with E-state index in [4.69, 9.17) is 5.11 Å². The smallest absolute Gasteiger partial charge is 0.416 e. The molecule has 2 rings (SSSR count). The number of amides is 1. The number of rotatable bonds is 7. The van der Waals surface area contributed by atoms with Crippen molar-refractivity contribution in [2.75, 3.05) is 6.54 Å². The Kier molecular flexibility index (Phi) is 5.66. The molecule has 1 aliphatic rings. The fraction of sp³-hybridized carbons (Fsp3) is 0.500. The van der Waals surface area contributed by atoms with Crippen LogP contribution in [0.1, 0.15) is 30.9 Å². The van der Waals surface area contributed by atoms with Crippen LogP contribution in [0.25, 0.3) is 0 Å². The van der Waals surface area contributed by atoms with Crippen LogP contribution in [-0.4, -0.2) is 40.5 Å². The minimum absolute atomic E-state index is 0.00610. The second kappa shape index (κ2) is 7.38. The first-order valence-electron chi connectivity index (χ1n) is 7.70. The third-order valence-electron chi connectivity index (χ3n) is 4.05. The highest BCUT2D eigenvalue weighted by molar-refractivity contribution is 5.80. The molecule has 0 aliphatic heterocycles. The molecule has 1 aliphatic carbocycles. The SMILES string of the molecule is CC(C(=O)O)N(CC(=O)NCc1ccc(F)cc1C(F)(F)F)C1CC1. The summed E-state index contributed by atoms with van der Waals surface area (Å²) in [6.45, 7) is 0.810. The molecule has 5 nitrogen and oxygen atoms in total. The first kappa shape index (κ1) is 19.2. The van der Waals surface area contributed by atoms with E-state index in [9.17, 15) is 27.2 Å². The largest absolute Gasteiger partial charge is 0.480 e. The number of alkyl halides is 3. The number of carbonyl (C=O) groups excluding carboxylic acids is 1. The number of hydrogen-bond donors (Lipinski definition) is 2. The van der Waals surface area contributed by atoms with Gasteiger partial charge in [-0.25, -0.2) is 4.39 Å². The van der Waals surface area contributed by atoms with Gasteiger partial charge in [-0.05, 0) is 37.5 Å². The molecular formula is C16H18F4N2O3. The van der Waals surface area contributed by atoms with Crippen molar-refractivity contribution in [1.82, 2.24) is 10.2 Å². The first-order valence-corrected chi connectivity index (χ1v) is 7.70. The lowest BCUT2D eigenvalue weighted by molar-refractivity contribution is -0.143. The van der Waals surface area contributed by atoms with Gasteiger partial charge in [0.1, 0.15) is 11.9 Å². The van der Waals surface area contributed by atoms with Crippen LogP contribution in [-0.2, 0) is 22.3 Å². The summed E-state index contributed by atoms with van der Waals surface area (Å²) in [7, 11) is 0. The van der Waals surface area contributed by atoms with Crippen LogP contribution < -0.4 is 5.32 Å². The van der Waals surface area contributed by atoms with Gasteiger partial charge in [0.15, 0.2) is 0 Å². The van der Waals surface area contributed by atoms with Crippen LogP contribution in [0.15, 0.2) is 18.2 Å². The highest BCUT2D eigenvalue weighted by Crippen LogP contribution is 2.32. The zero-order chi connectivity index (χ0) is 18.8. The third kappa shape index (κ3) is 5.15. The molecule has 1 atom stereocenters. The zero-order valence-electron chi connectivity index (χ0n) is 13.4. The highest BCUT2D eigenvalue weighted by Gasteiger charge is 2.36. The van der Waals surface area contributed by atoms with Crippen molar-refractivity contribution in [2.45, 2.75) is 44.6 Å². The molecule has 0 spiro atoms. The van der Waals surface area contributed by atoms with Crippen LogP contribution >= 0.6 is 0 Å². The summed E-state index contributed by atoms with van der Waals surface area (Å²) in [5, 5.41) is 11.4. The topological polar surface area (TPSA) is 69.6 Å². The molecule has 138 valence electrons. The van der Waals surface area contributed by atoms with E-state index in [-0.39, 0.29) is 18.2 Å². The minimum Gasteiger partial charge on any atom is -0.480 e.